The van der Waals surface area contributed by atoms with Crippen LogP contribution in [0.15, 0.2) is 48.7 Å². The predicted molar refractivity (Wildman–Crippen MR) is 140 cm³/mol. The van der Waals surface area contributed by atoms with Gasteiger partial charge in [0.1, 0.15) is 16.3 Å². The largest absolute Gasteiger partial charge is 0.466 e. The molecule has 0 atom stereocenters. The fourth-order valence-corrected chi connectivity index (χ4v) is 5.65. The summed E-state index contributed by atoms with van der Waals surface area (Å²) in [6.07, 6.45) is 2.29. The number of nitrogens with zero attached hydrogens (tertiary/aromatic N) is 3. The molecule has 0 aliphatic carbocycles. The van der Waals surface area contributed by atoms with Crippen LogP contribution in [0.3, 0.4) is 0 Å². The van der Waals surface area contributed by atoms with Gasteiger partial charge in [-0.3, -0.25) is 4.79 Å². The van der Waals surface area contributed by atoms with Crippen molar-refractivity contribution in [1.29, 1.82) is 0 Å². The van der Waals surface area contributed by atoms with Crippen LogP contribution in [0.25, 0.3) is 43.1 Å². The highest BCUT2D eigenvalue weighted by Crippen LogP contribution is 2.41. The number of carbonyl (C=O) groups excluding carboxylic acids is 1. The van der Waals surface area contributed by atoms with Crippen LogP contribution in [0.5, 0.6) is 0 Å². The molecule has 0 fully saturated rings. The second-order valence-corrected chi connectivity index (χ2v) is 9.83. The van der Waals surface area contributed by atoms with E-state index in [-0.39, 0.29) is 12.4 Å². The number of pyridine rings is 1. The van der Waals surface area contributed by atoms with Crippen molar-refractivity contribution in [2.75, 3.05) is 6.61 Å². The molecule has 0 unspecified atom stereocenters. The number of fused-ring (bicyclic) bond motifs is 2. The first-order valence-electron chi connectivity index (χ1n) is 11.1. The zero-order valence-corrected chi connectivity index (χ0v) is 21.0. The zero-order chi connectivity index (χ0) is 24.0. The van der Waals surface area contributed by atoms with Gasteiger partial charge in [-0.2, -0.15) is 0 Å². The molecule has 0 amide bonds. The van der Waals surface area contributed by atoms with Gasteiger partial charge in [0, 0.05) is 29.2 Å². The molecule has 0 spiro atoms. The van der Waals surface area contributed by atoms with E-state index in [4.69, 9.17) is 26.3 Å². The van der Waals surface area contributed by atoms with E-state index in [1.54, 1.807) is 11.3 Å². The molecule has 0 aliphatic heterocycles. The van der Waals surface area contributed by atoms with E-state index < -0.39 is 0 Å². The summed E-state index contributed by atoms with van der Waals surface area (Å²) in [4.78, 5) is 22.3. The van der Waals surface area contributed by atoms with Crippen LogP contribution in [-0.2, 0) is 23.0 Å². The highest BCUT2D eigenvalue weighted by atomic mass is 35.5. The van der Waals surface area contributed by atoms with Gasteiger partial charge < -0.3 is 9.30 Å². The molecule has 3 heterocycles. The Morgan fingerprint density at radius 2 is 1.85 bits per heavy atom. The van der Waals surface area contributed by atoms with Crippen LogP contribution < -0.4 is 0 Å². The third-order valence-corrected chi connectivity index (χ3v) is 7.37. The van der Waals surface area contributed by atoms with Crippen LogP contribution >= 0.6 is 22.9 Å². The van der Waals surface area contributed by atoms with E-state index in [0.29, 0.717) is 11.6 Å². The maximum absolute atomic E-state index is 12.5. The number of aromatic nitrogens is 3. The third-order valence-electron chi connectivity index (χ3n) is 6.01. The van der Waals surface area contributed by atoms with Crippen molar-refractivity contribution in [2.45, 2.75) is 27.2 Å². The summed E-state index contributed by atoms with van der Waals surface area (Å²) in [5.41, 5.74) is 7.81. The average molecular weight is 490 g/mol. The molecule has 0 N–H and O–H groups in total. The molecule has 0 bridgehead atoms. The number of benzene rings is 2. The van der Waals surface area contributed by atoms with E-state index in [9.17, 15) is 4.79 Å². The van der Waals surface area contributed by atoms with Crippen molar-refractivity contribution in [3.05, 3.63) is 70.4 Å². The molecule has 34 heavy (non-hydrogen) atoms. The molecular weight excluding hydrogens is 466 g/mol. The monoisotopic (exact) mass is 489 g/mol. The first kappa shape index (κ1) is 22.6. The first-order valence-corrected chi connectivity index (χ1v) is 12.3. The molecule has 172 valence electrons. The number of aryl methyl sites for hydroxylation is 3. The van der Waals surface area contributed by atoms with Gasteiger partial charge in [0.2, 0.25) is 0 Å². The van der Waals surface area contributed by atoms with Gasteiger partial charge in [0.05, 0.1) is 23.2 Å². The Hall–Kier alpha value is -3.22. The second-order valence-electron chi connectivity index (χ2n) is 8.39. The summed E-state index contributed by atoms with van der Waals surface area (Å²) in [6.45, 7) is 6.28. The maximum atomic E-state index is 12.5. The number of hydrogen-bond acceptors (Lipinski definition) is 5. The molecular formula is C27H24ClN3O2S. The summed E-state index contributed by atoms with van der Waals surface area (Å²) in [5, 5.41) is 2.65. The highest BCUT2D eigenvalue weighted by Gasteiger charge is 2.21. The first-order chi connectivity index (χ1) is 16.4. The minimum atomic E-state index is -0.240. The zero-order valence-electron chi connectivity index (χ0n) is 19.5. The van der Waals surface area contributed by atoms with Crippen LogP contribution in [0.1, 0.15) is 23.6 Å². The molecule has 0 saturated heterocycles. The summed E-state index contributed by atoms with van der Waals surface area (Å²) in [5.74, 6) is -0.240. The number of halogens is 1. The van der Waals surface area contributed by atoms with Crippen LogP contribution in [0.4, 0.5) is 0 Å². The molecule has 0 saturated carbocycles. The van der Waals surface area contributed by atoms with Crippen LogP contribution in [-0.4, -0.2) is 27.1 Å². The Labute approximate surface area is 207 Å². The lowest BCUT2D eigenvalue weighted by Gasteiger charge is -2.14. The minimum absolute atomic E-state index is 0.202. The standard InChI is InChI=1S/C27H24ClN3O2S/c1-5-33-23(32)13-20-15(2)12-22-25(24(20)17-6-8-18(28)9-7-17)34-27(30-22)21-11-10-19-16(3)14-31(4)26(19)29-21/h6-12,14H,5,13H2,1-4H3. The molecule has 7 heteroatoms. The van der Waals surface area contributed by atoms with Crippen molar-refractivity contribution in [3.8, 4) is 21.8 Å². The number of thiazole rings is 1. The minimum Gasteiger partial charge on any atom is -0.466 e. The van der Waals surface area contributed by atoms with Gasteiger partial charge in [-0.1, -0.05) is 23.7 Å². The van der Waals surface area contributed by atoms with E-state index >= 15 is 0 Å². The normalized spacial score (nSPS) is 11.4. The van der Waals surface area contributed by atoms with Gasteiger partial charge >= 0.3 is 5.97 Å². The van der Waals surface area contributed by atoms with E-state index in [0.717, 1.165) is 54.2 Å². The Morgan fingerprint density at radius 1 is 1.09 bits per heavy atom. The van der Waals surface area contributed by atoms with Crippen LogP contribution in [0.2, 0.25) is 5.02 Å². The van der Waals surface area contributed by atoms with Crippen molar-refractivity contribution >= 4 is 50.2 Å². The fraction of sp³-hybridized carbons (Fsp3) is 0.222. The Balaban J connectivity index is 1.72. The third kappa shape index (κ3) is 3.97. The van der Waals surface area contributed by atoms with Gasteiger partial charge in [-0.15, -0.1) is 11.3 Å². The smallest absolute Gasteiger partial charge is 0.310 e. The summed E-state index contributed by atoms with van der Waals surface area (Å²) < 4.78 is 8.33. The van der Waals surface area contributed by atoms with Crippen molar-refractivity contribution in [1.82, 2.24) is 14.5 Å². The summed E-state index contributed by atoms with van der Waals surface area (Å²) in [6, 6.07) is 13.9. The lowest BCUT2D eigenvalue weighted by Crippen LogP contribution is -2.09. The number of hydrogen-bond donors (Lipinski definition) is 0. The Morgan fingerprint density at radius 3 is 2.59 bits per heavy atom. The average Bonchev–Trinajstić information content (AvgIpc) is 3.35. The molecule has 0 aliphatic rings. The van der Waals surface area contributed by atoms with Gasteiger partial charge in [-0.05, 0) is 73.4 Å². The Kier molecular flexibility index (Phi) is 5.88. The van der Waals surface area contributed by atoms with Gasteiger partial charge in [0.25, 0.3) is 0 Å². The highest BCUT2D eigenvalue weighted by molar-refractivity contribution is 7.22. The van der Waals surface area contributed by atoms with E-state index in [1.165, 1.54) is 5.56 Å². The van der Waals surface area contributed by atoms with Gasteiger partial charge in [0.15, 0.2) is 0 Å². The molecule has 3 aromatic heterocycles. The molecule has 0 radical (unpaired) electrons. The van der Waals surface area contributed by atoms with Crippen molar-refractivity contribution in [2.24, 2.45) is 7.05 Å². The predicted octanol–water partition coefficient (Wildman–Crippen LogP) is 6.89. The van der Waals surface area contributed by atoms with Crippen LogP contribution in [0, 0.1) is 13.8 Å². The molecule has 5 aromatic rings. The number of carbonyl (C=O) groups is 1. The molecule has 5 rings (SSSR count). The molecule has 2 aromatic carbocycles. The second kappa shape index (κ2) is 8.85. The molecule has 5 nitrogen and oxygen atoms in total. The lowest BCUT2D eigenvalue weighted by molar-refractivity contribution is -0.142. The van der Waals surface area contributed by atoms with Crippen molar-refractivity contribution < 1.29 is 9.53 Å². The number of esters is 1. The lowest BCUT2D eigenvalue weighted by atomic mass is 9.93. The van der Waals surface area contributed by atoms with Gasteiger partial charge in [-0.25, -0.2) is 9.97 Å². The van der Waals surface area contributed by atoms with E-state index in [1.807, 2.05) is 55.8 Å². The summed E-state index contributed by atoms with van der Waals surface area (Å²) >= 11 is 7.76. The summed E-state index contributed by atoms with van der Waals surface area (Å²) in [7, 11) is 2.01. The Bertz CT molecular complexity index is 1550. The van der Waals surface area contributed by atoms with E-state index in [2.05, 4.69) is 25.3 Å². The topological polar surface area (TPSA) is 57.0 Å². The quantitative estimate of drug-likeness (QED) is 0.252. The fourth-order valence-electron chi connectivity index (χ4n) is 4.42. The maximum Gasteiger partial charge on any atom is 0.310 e. The number of rotatable bonds is 5. The van der Waals surface area contributed by atoms with Crippen molar-refractivity contribution in [3.63, 3.8) is 0 Å². The number of ether oxygens (including phenoxy) is 1. The SMILES string of the molecule is CCOC(=O)Cc1c(C)cc2nc(-c3ccc4c(C)cn(C)c4n3)sc2c1-c1ccc(Cl)cc1.